The number of hydrogen-bond donors (Lipinski definition) is 1. The van der Waals surface area contributed by atoms with Crippen LogP contribution in [0, 0.1) is 0 Å². The van der Waals surface area contributed by atoms with Crippen LogP contribution in [0.5, 0.6) is 0 Å². The highest BCUT2D eigenvalue weighted by Gasteiger charge is 2.12. The lowest BCUT2D eigenvalue weighted by atomic mass is 10.3. The van der Waals surface area contributed by atoms with Crippen LogP contribution in [0.25, 0.3) is 5.65 Å². The Labute approximate surface area is 90.1 Å². The lowest BCUT2D eigenvalue weighted by Crippen LogP contribution is -2.07. The number of hydrogen-bond acceptors (Lipinski definition) is 4. The molecule has 0 bridgehead atoms. The van der Waals surface area contributed by atoms with Crippen molar-refractivity contribution in [1.82, 2.24) is 14.6 Å². The second-order valence-electron chi connectivity index (χ2n) is 2.96. The topological polar surface area (TPSA) is 67.5 Å². The molecule has 0 aliphatic heterocycles. The largest absolute Gasteiger partial charge is 0.477 e. The van der Waals surface area contributed by atoms with E-state index in [1.54, 1.807) is 34.4 Å². The number of thioether (sulfide) groups is 1. The van der Waals surface area contributed by atoms with Crippen molar-refractivity contribution in [2.75, 3.05) is 6.26 Å². The molecule has 0 amide bonds. The van der Waals surface area contributed by atoms with Gasteiger partial charge >= 0.3 is 5.97 Å². The Morgan fingerprint density at radius 1 is 1.53 bits per heavy atom. The molecule has 15 heavy (non-hydrogen) atoms. The van der Waals surface area contributed by atoms with Crippen LogP contribution in [0.1, 0.15) is 16.3 Å². The second kappa shape index (κ2) is 3.90. The Bertz CT molecular complexity index is 509. The molecule has 1 N–H and O–H groups in total. The summed E-state index contributed by atoms with van der Waals surface area (Å²) in [5.41, 5.74) is 0.764. The van der Waals surface area contributed by atoms with E-state index < -0.39 is 5.97 Å². The molecule has 2 aromatic rings. The number of aromatic nitrogens is 3. The van der Waals surface area contributed by atoms with Crippen molar-refractivity contribution in [3.63, 3.8) is 0 Å². The van der Waals surface area contributed by atoms with Crippen molar-refractivity contribution in [2.24, 2.45) is 0 Å². The zero-order valence-electron chi connectivity index (χ0n) is 8.04. The third kappa shape index (κ3) is 1.68. The highest BCUT2D eigenvalue weighted by Crippen LogP contribution is 2.12. The Hall–Kier alpha value is -1.56. The lowest BCUT2D eigenvalue weighted by molar-refractivity contribution is 0.0688. The van der Waals surface area contributed by atoms with Crippen LogP contribution < -0.4 is 0 Å². The molecule has 0 atom stereocenters. The van der Waals surface area contributed by atoms with Gasteiger partial charge in [0.05, 0.1) is 5.75 Å². The van der Waals surface area contributed by atoms with E-state index >= 15 is 0 Å². The zero-order chi connectivity index (χ0) is 10.8. The van der Waals surface area contributed by atoms with E-state index in [2.05, 4.69) is 10.2 Å². The van der Waals surface area contributed by atoms with Crippen molar-refractivity contribution in [2.45, 2.75) is 5.75 Å². The molecule has 0 aliphatic rings. The summed E-state index contributed by atoms with van der Waals surface area (Å²) in [6.45, 7) is 0. The fraction of sp³-hybridized carbons (Fsp3) is 0.222. The fourth-order valence-corrected chi connectivity index (χ4v) is 1.84. The van der Waals surface area contributed by atoms with Crippen molar-refractivity contribution >= 4 is 23.4 Å². The monoisotopic (exact) mass is 223 g/mol. The van der Waals surface area contributed by atoms with Gasteiger partial charge < -0.3 is 5.11 Å². The van der Waals surface area contributed by atoms with Gasteiger partial charge in [0, 0.05) is 0 Å². The van der Waals surface area contributed by atoms with Crippen LogP contribution in [-0.2, 0) is 5.75 Å². The molecule has 0 saturated carbocycles. The maximum Gasteiger partial charge on any atom is 0.352 e. The lowest BCUT2D eigenvalue weighted by Gasteiger charge is -2.01. The number of nitrogens with zero attached hydrogens (tertiary/aromatic N) is 3. The molecular weight excluding hydrogens is 214 g/mol. The molecule has 0 saturated heterocycles. The van der Waals surface area contributed by atoms with E-state index in [9.17, 15) is 4.79 Å². The average Bonchev–Trinajstić information content (AvgIpc) is 2.62. The molecule has 78 valence electrons. The van der Waals surface area contributed by atoms with Crippen LogP contribution in [0.4, 0.5) is 0 Å². The first-order valence-corrected chi connectivity index (χ1v) is 5.68. The summed E-state index contributed by atoms with van der Waals surface area (Å²) in [6.07, 6.45) is 1.93. The van der Waals surface area contributed by atoms with Crippen molar-refractivity contribution < 1.29 is 9.90 Å². The average molecular weight is 223 g/mol. The molecule has 2 rings (SSSR count). The maximum atomic E-state index is 11.0. The summed E-state index contributed by atoms with van der Waals surface area (Å²) in [4.78, 5) is 11.0. The van der Waals surface area contributed by atoms with E-state index in [1.165, 1.54) is 0 Å². The quantitative estimate of drug-likeness (QED) is 0.849. The maximum absolute atomic E-state index is 11.0. The number of rotatable bonds is 3. The Morgan fingerprint density at radius 3 is 3.00 bits per heavy atom. The van der Waals surface area contributed by atoms with E-state index in [1.807, 2.05) is 6.26 Å². The number of pyridine rings is 1. The van der Waals surface area contributed by atoms with Crippen LogP contribution in [-0.4, -0.2) is 31.9 Å². The molecule has 5 nitrogen and oxygen atoms in total. The van der Waals surface area contributed by atoms with Crippen molar-refractivity contribution in [3.05, 3.63) is 29.7 Å². The Balaban J connectivity index is 2.69. The summed E-state index contributed by atoms with van der Waals surface area (Å²) < 4.78 is 1.57. The summed E-state index contributed by atoms with van der Waals surface area (Å²) in [5.74, 6) is 0.337. The van der Waals surface area contributed by atoms with Crippen LogP contribution in [0.15, 0.2) is 18.2 Å². The molecular formula is C9H9N3O2S. The van der Waals surface area contributed by atoms with E-state index in [0.29, 0.717) is 17.2 Å². The van der Waals surface area contributed by atoms with Gasteiger partial charge in [-0.25, -0.2) is 4.79 Å². The molecule has 0 aliphatic carbocycles. The van der Waals surface area contributed by atoms with Gasteiger partial charge in [0.2, 0.25) is 0 Å². The predicted octanol–water partition coefficient (Wildman–Crippen LogP) is 1.29. The van der Waals surface area contributed by atoms with Gasteiger partial charge in [-0.05, 0) is 18.4 Å². The van der Waals surface area contributed by atoms with Crippen LogP contribution in [0.2, 0.25) is 0 Å². The van der Waals surface area contributed by atoms with Gasteiger partial charge in [-0.1, -0.05) is 6.07 Å². The van der Waals surface area contributed by atoms with Gasteiger partial charge in [0.15, 0.2) is 5.65 Å². The third-order valence-electron chi connectivity index (χ3n) is 1.99. The molecule has 0 spiro atoms. The molecule has 0 fully saturated rings. The first kappa shape index (κ1) is 9.97. The van der Waals surface area contributed by atoms with E-state index in [4.69, 9.17) is 5.11 Å². The van der Waals surface area contributed by atoms with Crippen molar-refractivity contribution in [3.8, 4) is 0 Å². The Kier molecular flexibility index (Phi) is 2.59. The number of fused-ring (bicyclic) bond motifs is 1. The minimum Gasteiger partial charge on any atom is -0.477 e. The van der Waals surface area contributed by atoms with Gasteiger partial charge in [-0.2, -0.15) is 11.8 Å². The highest BCUT2D eigenvalue weighted by atomic mass is 32.2. The molecule has 6 heteroatoms. The first-order valence-electron chi connectivity index (χ1n) is 4.29. The summed E-state index contributed by atoms with van der Waals surface area (Å²) in [7, 11) is 0. The molecule has 2 heterocycles. The number of aromatic carboxylic acids is 1. The Morgan fingerprint density at radius 2 is 2.33 bits per heavy atom. The highest BCUT2D eigenvalue weighted by molar-refractivity contribution is 7.97. The summed E-state index contributed by atoms with van der Waals surface area (Å²) in [6, 6.07) is 4.95. The molecule has 0 aromatic carbocycles. The van der Waals surface area contributed by atoms with Gasteiger partial charge in [0.1, 0.15) is 11.5 Å². The minimum absolute atomic E-state index is 0.196. The van der Waals surface area contributed by atoms with Gasteiger partial charge in [-0.15, -0.1) is 10.2 Å². The summed E-state index contributed by atoms with van der Waals surface area (Å²) >= 11 is 1.58. The normalized spacial score (nSPS) is 10.7. The number of carboxylic acid groups (broad SMARTS) is 1. The molecule has 0 unspecified atom stereocenters. The standard InChI is InChI=1S/C9H9N3O2S/c1-15-5-8-11-10-7-4-2-3-6(9(13)14)12(7)8/h2-4H,5H2,1H3,(H,13,14). The fourth-order valence-electron chi connectivity index (χ4n) is 1.39. The molecule has 0 radical (unpaired) electrons. The van der Waals surface area contributed by atoms with Gasteiger partial charge in [-0.3, -0.25) is 4.40 Å². The molecule has 2 aromatic heterocycles. The van der Waals surface area contributed by atoms with E-state index in [0.717, 1.165) is 0 Å². The van der Waals surface area contributed by atoms with E-state index in [-0.39, 0.29) is 5.69 Å². The van der Waals surface area contributed by atoms with Crippen molar-refractivity contribution in [1.29, 1.82) is 0 Å². The first-order chi connectivity index (χ1) is 7.24. The third-order valence-corrected chi connectivity index (χ3v) is 2.53. The smallest absolute Gasteiger partial charge is 0.352 e. The predicted molar refractivity (Wildman–Crippen MR) is 57.2 cm³/mol. The van der Waals surface area contributed by atoms with Gasteiger partial charge in [0.25, 0.3) is 0 Å². The minimum atomic E-state index is -0.970. The summed E-state index contributed by atoms with van der Waals surface area (Å²) in [5, 5.41) is 16.9. The number of carboxylic acids is 1. The zero-order valence-corrected chi connectivity index (χ0v) is 8.86. The second-order valence-corrected chi connectivity index (χ2v) is 3.83. The number of carbonyl (C=O) groups is 1. The SMILES string of the molecule is CSCc1nnc2cccc(C(=O)O)n12. The van der Waals surface area contributed by atoms with Crippen LogP contribution in [0.3, 0.4) is 0 Å². The van der Waals surface area contributed by atoms with Crippen LogP contribution >= 0.6 is 11.8 Å².